The summed E-state index contributed by atoms with van der Waals surface area (Å²) in [5.74, 6) is 0.0933. The van der Waals surface area contributed by atoms with Gasteiger partial charge in [-0.05, 0) is 37.0 Å². The average molecular weight is 262 g/mol. The summed E-state index contributed by atoms with van der Waals surface area (Å²) in [5.41, 5.74) is 7.32. The number of nitrogens with zero attached hydrogens (tertiary/aromatic N) is 1. The van der Waals surface area contributed by atoms with Crippen molar-refractivity contribution >= 4 is 11.6 Å². The van der Waals surface area contributed by atoms with Crippen LogP contribution in [0.4, 0.5) is 5.69 Å². The summed E-state index contributed by atoms with van der Waals surface area (Å²) in [6, 6.07) is 7.77. The third-order valence-electron chi connectivity index (χ3n) is 4.08. The molecule has 4 heteroatoms. The van der Waals surface area contributed by atoms with Gasteiger partial charge in [0.25, 0.3) is 0 Å². The molecule has 1 amide bonds. The Morgan fingerprint density at radius 3 is 2.74 bits per heavy atom. The zero-order valence-electron chi connectivity index (χ0n) is 11.7. The maximum absolute atomic E-state index is 12.3. The van der Waals surface area contributed by atoms with Gasteiger partial charge in [-0.15, -0.1) is 0 Å². The van der Waals surface area contributed by atoms with Gasteiger partial charge < -0.3 is 15.4 Å². The number of hydrogen-bond acceptors (Lipinski definition) is 3. The number of ether oxygens (including phenoxy) is 1. The quantitative estimate of drug-likeness (QED) is 0.883. The summed E-state index contributed by atoms with van der Waals surface area (Å²) in [5, 5.41) is 0. The molecular weight excluding hydrogens is 240 g/mol. The monoisotopic (exact) mass is 262 g/mol. The molecule has 1 aromatic rings. The number of carbonyl (C=O) groups is 1. The molecule has 0 aromatic heterocycles. The van der Waals surface area contributed by atoms with Gasteiger partial charge in [0, 0.05) is 26.4 Å². The Balaban J connectivity index is 2.05. The standard InChI is InChI=1S/C15H22N2O2/c1-17(13-6-3-5-12(9-13)11-16)14(18)10-15(19-2)7-4-8-15/h3,5-6,9H,4,7-8,10-11,16H2,1-2H3. The van der Waals surface area contributed by atoms with Gasteiger partial charge in [0.15, 0.2) is 0 Å². The fourth-order valence-corrected chi connectivity index (χ4v) is 2.45. The zero-order chi connectivity index (χ0) is 13.9. The molecule has 2 rings (SSSR count). The third-order valence-corrected chi connectivity index (χ3v) is 4.08. The van der Waals surface area contributed by atoms with Crippen molar-refractivity contribution in [2.24, 2.45) is 5.73 Å². The molecule has 1 fully saturated rings. The highest BCUT2D eigenvalue weighted by Gasteiger charge is 2.39. The first kappa shape index (κ1) is 14.0. The van der Waals surface area contributed by atoms with Crippen LogP contribution in [-0.4, -0.2) is 25.7 Å². The van der Waals surface area contributed by atoms with Crippen molar-refractivity contribution < 1.29 is 9.53 Å². The normalized spacial score (nSPS) is 16.8. The van der Waals surface area contributed by atoms with E-state index < -0.39 is 0 Å². The lowest BCUT2D eigenvalue weighted by Gasteiger charge is -2.40. The van der Waals surface area contributed by atoms with E-state index in [0.717, 1.165) is 30.5 Å². The minimum Gasteiger partial charge on any atom is -0.378 e. The highest BCUT2D eigenvalue weighted by Crippen LogP contribution is 2.38. The van der Waals surface area contributed by atoms with Gasteiger partial charge in [0.1, 0.15) is 0 Å². The average Bonchev–Trinajstić information content (AvgIpc) is 2.41. The molecular formula is C15H22N2O2. The van der Waals surface area contributed by atoms with E-state index in [1.807, 2.05) is 24.3 Å². The van der Waals surface area contributed by atoms with Crippen molar-refractivity contribution in [3.63, 3.8) is 0 Å². The van der Waals surface area contributed by atoms with Gasteiger partial charge in [0.05, 0.1) is 12.0 Å². The van der Waals surface area contributed by atoms with E-state index >= 15 is 0 Å². The SMILES string of the molecule is COC1(CC(=O)N(C)c2cccc(CN)c2)CCC1. The number of methoxy groups -OCH3 is 1. The first-order valence-corrected chi connectivity index (χ1v) is 6.71. The maximum Gasteiger partial charge on any atom is 0.229 e. The van der Waals surface area contributed by atoms with Crippen molar-refractivity contribution in [1.29, 1.82) is 0 Å². The van der Waals surface area contributed by atoms with Crippen LogP contribution >= 0.6 is 0 Å². The Morgan fingerprint density at radius 2 is 2.21 bits per heavy atom. The first-order chi connectivity index (χ1) is 9.10. The van der Waals surface area contributed by atoms with Crippen molar-refractivity contribution in [3.8, 4) is 0 Å². The smallest absolute Gasteiger partial charge is 0.229 e. The van der Waals surface area contributed by atoms with E-state index in [1.54, 1.807) is 19.1 Å². The molecule has 1 aliphatic carbocycles. The van der Waals surface area contributed by atoms with Crippen LogP contribution in [0.2, 0.25) is 0 Å². The molecule has 0 unspecified atom stereocenters. The van der Waals surface area contributed by atoms with Gasteiger partial charge in [-0.2, -0.15) is 0 Å². The molecule has 4 nitrogen and oxygen atoms in total. The van der Waals surface area contributed by atoms with Gasteiger partial charge >= 0.3 is 0 Å². The summed E-state index contributed by atoms with van der Waals surface area (Å²) in [6.07, 6.45) is 3.55. The van der Waals surface area contributed by atoms with Crippen molar-refractivity contribution in [3.05, 3.63) is 29.8 Å². The molecule has 1 aromatic carbocycles. The topological polar surface area (TPSA) is 55.6 Å². The number of hydrogen-bond donors (Lipinski definition) is 1. The molecule has 0 atom stereocenters. The summed E-state index contributed by atoms with van der Waals surface area (Å²) in [7, 11) is 3.50. The number of carbonyl (C=O) groups excluding carboxylic acids is 1. The molecule has 0 spiro atoms. The van der Waals surface area contributed by atoms with E-state index in [4.69, 9.17) is 10.5 Å². The van der Waals surface area contributed by atoms with Gasteiger partial charge in [-0.1, -0.05) is 12.1 Å². The largest absolute Gasteiger partial charge is 0.378 e. The predicted octanol–water partition coefficient (Wildman–Crippen LogP) is 2.07. The molecule has 19 heavy (non-hydrogen) atoms. The van der Waals surface area contributed by atoms with Gasteiger partial charge in [-0.25, -0.2) is 0 Å². The Hall–Kier alpha value is -1.39. The lowest BCUT2D eigenvalue weighted by Crippen LogP contribution is -2.44. The second kappa shape index (κ2) is 5.72. The predicted molar refractivity (Wildman–Crippen MR) is 76.0 cm³/mol. The number of benzene rings is 1. The van der Waals surface area contributed by atoms with E-state index in [0.29, 0.717) is 13.0 Å². The molecule has 1 saturated carbocycles. The van der Waals surface area contributed by atoms with E-state index in [2.05, 4.69) is 0 Å². The van der Waals surface area contributed by atoms with E-state index in [1.165, 1.54) is 0 Å². The molecule has 0 bridgehead atoms. The fourth-order valence-electron chi connectivity index (χ4n) is 2.45. The Morgan fingerprint density at radius 1 is 1.47 bits per heavy atom. The van der Waals surface area contributed by atoms with Crippen molar-refractivity contribution in [2.45, 2.75) is 37.8 Å². The lowest BCUT2D eigenvalue weighted by atomic mass is 9.77. The summed E-state index contributed by atoms with van der Waals surface area (Å²) in [6.45, 7) is 0.484. The zero-order valence-corrected chi connectivity index (χ0v) is 11.7. The summed E-state index contributed by atoms with van der Waals surface area (Å²) in [4.78, 5) is 14.0. The Bertz CT molecular complexity index is 450. The van der Waals surface area contributed by atoms with Crippen LogP contribution in [0.5, 0.6) is 0 Å². The van der Waals surface area contributed by atoms with Crippen LogP contribution in [0, 0.1) is 0 Å². The van der Waals surface area contributed by atoms with Crippen LogP contribution in [-0.2, 0) is 16.1 Å². The van der Waals surface area contributed by atoms with E-state index in [-0.39, 0.29) is 11.5 Å². The molecule has 104 valence electrons. The molecule has 2 N–H and O–H groups in total. The minimum atomic E-state index is -0.225. The Kier molecular flexibility index (Phi) is 4.22. The van der Waals surface area contributed by atoms with Crippen LogP contribution < -0.4 is 10.6 Å². The van der Waals surface area contributed by atoms with Gasteiger partial charge in [0.2, 0.25) is 5.91 Å². The number of anilines is 1. The third kappa shape index (κ3) is 2.96. The number of rotatable bonds is 5. The lowest BCUT2D eigenvalue weighted by molar-refractivity contribution is -0.131. The van der Waals surface area contributed by atoms with E-state index in [9.17, 15) is 4.79 Å². The molecule has 0 radical (unpaired) electrons. The van der Waals surface area contributed by atoms with Crippen LogP contribution in [0.25, 0.3) is 0 Å². The first-order valence-electron chi connectivity index (χ1n) is 6.71. The molecule has 0 saturated heterocycles. The second-order valence-corrected chi connectivity index (χ2v) is 5.24. The number of nitrogens with two attached hydrogens (primary N) is 1. The van der Waals surface area contributed by atoms with Crippen LogP contribution in [0.3, 0.4) is 0 Å². The van der Waals surface area contributed by atoms with Gasteiger partial charge in [-0.3, -0.25) is 4.79 Å². The molecule has 0 heterocycles. The van der Waals surface area contributed by atoms with Crippen molar-refractivity contribution in [2.75, 3.05) is 19.1 Å². The minimum absolute atomic E-state index is 0.0933. The maximum atomic E-state index is 12.3. The summed E-state index contributed by atoms with van der Waals surface area (Å²) >= 11 is 0. The second-order valence-electron chi connectivity index (χ2n) is 5.24. The molecule has 1 aliphatic rings. The van der Waals surface area contributed by atoms with Crippen LogP contribution in [0.1, 0.15) is 31.2 Å². The fraction of sp³-hybridized carbons (Fsp3) is 0.533. The Labute approximate surface area is 114 Å². The number of amides is 1. The molecule has 0 aliphatic heterocycles. The highest BCUT2D eigenvalue weighted by atomic mass is 16.5. The summed E-state index contributed by atoms with van der Waals surface area (Å²) < 4.78 is 5.51. The highest BCUT2D eigenvalue weighted by molar-refractivity contribution is 5.93. The van der Waals surface area contributed by atoms with Crippen LogP contribution in [0.15, 0.2) is 24.3 Å². The van der Waals surface area contributed by atoms with Crippen molar-refractivity contribution in [1.82, 2.24) is 0 Å².